The zero-order valence-electron chi connectivity index (χ0n) is 18.1. The van der Waals surface area contributed by atoms with Gasteiger partial charge in [0, 0.05) is 49.1 Å². The highest BCUT2D eigenvalue weighted by Gasteiger charge is 2.35. The van der Waals surface area contributed by atoms with E-state index in [9.17, 15) is 4.79 Å². The molecule has 3 aromatic rings. The third-order valence-corrected chi connectivity index (χ3v) is 6.56. The Morgan fingerprint density at radius 1 is 0.935 bits per heavy atom. The normalized spacial score (nSPS) is 16.8. The number of nitrogens with zero attached hydrogens (tertiary/aromatic N) is 2. The molecule has 5 heteroatoms. The zero-order valence-corrected chi connectivity index (χ0v) is 19.0. The van der Waals surface area contributed by atoms with E-state index >= 15 is 0 Å². The van der Waals surface area contributed by atoms with Crippen molar-refractivity contribution in [2.45, 2.75) is 45.6 Å². The second-order valence-electron chi connectivity index (χ2n) is 8.67. The Labute approximate surface area is 190 Å². The first-order chi connectivity index (χ1) is 14.6. The maximum Gasteiger partial charge on any atom is 0.225 e. The first-order valence-electron chi connectivity index (χ1n) is 11.0. The Morgan fingerprint density at radius 2 is 1.65 bits per heavy atom. The van der Waals surface area contributed by atoms with Gasteiger partial charge < -0.3 is 9.64 Å². The molecule has 1 saturated heterocycles. The van der Waals surface area contributed by atoms with E-state index in [-0.39, 0.29) is 18.5 Å². The van der Waals surface area contributed by atoms with Crippen molar-refractivity contribution in [1.82, 2.24) is 9.88 Å². The lowest BCUT2D eigenvalue weighted by Gasteiger charge is -2.32. The lowest BCUT2D eigenvalue weighted by molar-refractivity contribution is -0.134. The van der Waals surface area contributed by atoms with Crippen molar-refractivity contribution in [2.24, 2.45) is 5.92 Å². The number of rotatable bonds is 4. The number of aryl methyl sites for hydroxylation is 2. The number of amides is 1. The van der Waals surface area contributed by atoms with Gasteiger partial charge in [-0.05, 0) is 67.0 Å². The van der Waals surface area contributed by atoms with Crippen LogP contribution in [-0.2, 0) is 4.79 Å². The number of fused-ring (bicyclic) bond motifs is 1. The molecule has 31 heavy (non-hydrogen) atoms. The number of aromatic nitrogens is 1. The molecule has 0 atom stereocenters. The molecule has 2 fully saturated rings. The van der Waals surface area contributed by atoms with Crippen LogP contribution in [0, 0.1) is 19.8 Å². The van der Waals surface area contributed by atoms with Gasteiger partial charge in [-0.1, -0.05) is 24.3 Å². The van der Waals surface area contributed by atoms with Crippen LogP contribution in [0.3, 0.4) is 0 Å². The number of carbonyl (C=O) groups excluding carboxylic acids is 1. The minimum absolute atomic E-state index is 0. The molecule has 0 spiro atoms. The fourth-order valence-electron chi connectivity index (χ4n) is 4.55. The van der Waals surface area contributed by atoms with Gasteiger partial charge in [0.25, 0.3) is 0 Å². The molecule has 0 bridgehead atoms. The Morgan fingerprint density at radius 3 is 2.32 bits per heavy atom. The zero-order chi connectivity index (χ0) is 20.7. The van der Waals surface area contributed by atoms with E-state index < -0.39 is 0 Å². The van der Waals surface area contributed by atoms with E-state index in [0.29, 0.717) is 11.8 Å². The van der Waals surface area contributed by atoms with Gasteiger partial charge >= 0.3 is 0 Å². The van der Waals surface area contributed by atoms with Crippen molar-refractivity contribution < 1.29 is 9.53 Å². The molecule has 2 aromatic carbocycles. The second-order valence-corrected chi connectivity index (χ2v) is 8.67. The molecule has 2 heterocycles. The summed E-state index contributed by atoms with van der Waals surface area (Å²) in [6.07, 6.45) is 6.06. The molecule has 2 aliphatic rings. The largest absolute Gasteiger partial charge is 0.490 e. The highest BCUT2D eigenvalue weighted by molar-refractivity contribution is 5.92. The maximum absolute atomic E-state index is 12.2. The van der Waals surface area contributed by atoms with Crippen LogP contribution in [0.4, 0.5) is 0 Å². The van der Waals surface area contributed by atoms with Crippen molar-refractivity contribution in [3.05, 3.63) is 59.9 Å². The molecule has 0 N–H and O–H groups in total. The van der Waals surface area contributed by atoms with E-state index in [1.165, 1.54) is 27.5 Å². The second kappa shape index (κ2) is 8.88. The summed E-state index contributed by atoms with van der Waals surface area (Å²) in [6.45, 7) is 5.88. The van der Waals surface area contributed by atoms with Crippen LogP contribution < -0.4 is 4.74 Å². The number of halogens is 1. The molecule has 1 aliphatic carbocycles. The number of likely N-dealkylation sites (tertiary alicyclic amines) is 1. The van der Waals surface area contributed by atoms with Gasteiger partial charge in [0.2, 0.25) is 5.91 Å². The Kier molecular flexibility index (Phi) is 6.19. The van der Waals surface area contributed by atoms with Gasteiger partial charge in [0.1, 0.15) is 11.9 Å². The molecule has 1 aromatic heterocycles. The predicted octanol–water partition coefficient (Wildman–Crippen LogP) is 5.72. The first-order valence-corrected chi connectivity index (χ1v) is 11.0. The standard InChI is InChI=1S/C26H28N2O2.ClH/c1-17-23(9-10-25-18(2)27-14-11-24(17)25)19-5-7-21(8-6-19)30-22-12-15-28(16-13-22)26(29)20-3-4-20;/h5-11,14,20,22H,3-4,12-13,15-16H2,1-2H3;1H. The third kappa shape index (κ3) is 4.40. The molecule has 0 unspecified atom stereocenters. The minimum Gasteiger partial charge on any atom is -0.490 e. The van der Waals surface area contributed by atoms with E-state index in [0.717, 1.165) is 50.2 Å². The lowest BCUT2D eigenvalue weighted by Crippen LogP contribution is -2.42. The SMILES string of the molecule is Cc1nccc2c(C)c(-c3ccc(OC4CCN(C(=O)C5CC5)CC4)cc3)ccc12.Cl. The highest BCUT2D eigenvalue weighted by Crippen LogP contribution is 2.33. The Balaban J connectivity index is 0.00000231. The number of ether oxygens (including phenoxy) is 1. The molecular formula is C26H29ClN2O2. The fourth-order valence-corrected chi connectivity index (χ4v) is 4.55. The average Bonchev–Trinajstić information content (AvgIpc) is 3.61. The van der Waals surface area contributed by atoms with Crippen LogP contribution in [-0.4, -0.2) is 35.0 Å². The number of pyridine rings is 1. The van der Waals surface area contributed by atoms with Crippen LogP contribution in [0.5, 0.6) is 5.75 Å². The van der Waals surface area contributed by atoms with Gasteiger partial charge in [0.15, 0.2) is 0 Å². The minimum atomic E-state index is 0. The summed E-state index contributed by atoms with van der Waals surface area (Å²) in [6, 6.07) is 14.9. The van der Waals surface area contributed by atoms with Crippen LogP contribution >= 0.6 is 12.4 Å². The fraction of sp³-hybridized carbons (Fsp3) is 0.385. The van der Waals surface area contributed by atoms with Gasteiger partial charge in [-0.3, -0.25) is 9.78 Å². The van der Waals surface area contributed by atoms with E-state index in [2.05, 4.69) is 61.3 Å². The smallest absolute Gasteiger partial charge is 0.225 e. The molecule has 1 amide bonds. The number of piperidine rings is 1. The van der Waals surface area contributed by atoms with Gasteiger partial charge in [-0.15, -0.1) is 12.4 Å². The van der Waals surface area contributed by atoms with Crippen molar-refractivity contribution >= 4 is 29.1 Å². The maximum atomic E-state index is 12.2. The topological polar surface area (TPSA) is 42.4 Å². The van der Waals surface area contributed by atoms with E-state index in [1.54, 1.807) is 0 Å². The molecule has 1 saturated carbocycles. The van der Waals surface area contributed by atoms with E-state index in [4.69, 9.17) is 4.74 Å². The average molecular weight is 437 g/mol. The van der Waals surface area contributed by atoms with Gasteiger partial charge in [-0.25, -0.2) is 0 Å². The number of hydrogen-bond donors (Lipinski definition) is 0. The summed E-state index contributed by atoms with van der Waals surface area (Å²) in [4.78, 5) is 18.6. The third-order valence-electron chi connectivity index (χ3n) is 6.56. The van der Waals surface area contributed by atoms with Gasteiger partial charge in [0.05, 0.1) is 0 Å². The first kappa shape index (κ1) is 21.6. The summed E-state index contributed by atoms with van der Waals surface area (Å²) < 4.78 is 6.22. The van der Waals surface area contributed by atoms with Crippen molar-refractivity contribution in [3.8, 4) is 16.9 Å². The molecule has 1 aliphatic heterocycles. The summed E-state index contributed by atoms with van der Waals surface area (Å²) in [5.41, 5.74) is 4.78. The molecule has 0 radical (unpaired) electrons. The number of hydrogen-bond acceptors (Lipinski definition) is 3. The van der Waals surface area contributed by atoms with Gasteiger partial charge in [-0.2, -0.15) is 0 Å². The monoisotopic (exact) mass is 436 g/mol. The molecule has 4 nitrogen and oxygen atoms in total. The molecular weight excluding hydrogens is 408 g/mol. The van der Waals surface area contributed by atoms with Crippen molar-refractivity contribution in [3.63, 3.8) is 0 Å². The summed E-state index contributed by atoms with van der Waals surface area (Å²) in [5.74, 6) is 1.58. The van der Waals surface area contributed by atoms with Crippen molar-refractivity contribution in [1.29, 1.82) is 0 Å². The Bertz CT molecular complexity index is 1080. The highest BCUT2D eigenvalue weighted by atomic mass is 35.5. The number of benzene rings is 2. The van der Waals surface area contributed by atoms with E-state index in [1.807, 2.05) is 11.1 Å². The van der Waals surface area contributed by atoms with Crippen LogP contribution in [0.25, 0.3) is 21.9 Å². The summed E-state index contributed by atoms with van der Waals surface area (Å²) >= 11 is 0. The lowest BCUT2D eigenvalue weighted by atomic mass is 9.95. The quantitative estimate of drug-likeness (QED) is 0.525. The Hall–Kier alpha value is -2.59. The summed E-state index contributed by atoms with van der Waals surface area (Å²) in [5, 5.41) is 2.47. The van der Waals surface area contributed by atoms with Crippen LogP contribution in [0.15, 0.2) is 48.7 Å². The van der Waals surface area contributed by atoms with Crippen LogP contribution in [0.1, 0.15) is 36.9 Å². The molecule has 162 valence electrons. The predicted molar refractivity (Wildman–Crippen MR) is 127 cm³/mol. The molecule has 5 rings (SSSR count). The summed E-state index contributed by atoms with van der Waals surface area (Å²) in [7, 11) is 0. The van der Waals surface area contributed by atoms with Crippen molar-refractivity contribution in [2.75, 3.05) is 13.1 Å². The van der Waals surface area contributed by atoms with Crippen LogP contribution in [0.2, 0.25) is 0 Å². The number of carbonyl (C=O) groups is 1.